The molecule has 0 saturated carbocycles. The van der Waals surface area contributed by atoms with E-state index in [4.69, 9.17) is 0 Å². The number of rotatable bonds is 18. The Labute approximate surface area is 410 Å². The van der Waals surface area contributed by atoms with Crippen molar-refractivity contribution in [2.45, 2.75) is 50.1 Å². The number of aliphatic hydroxyl groups is 4. The predicted molar refractivity (Wildman–Crippen MR) is 232 cm³/mol. The largest absolute Gasteiger partial charge is 2.00 e. The van der Waals surface area contributed by atoms with Crippen molar-refractivity contribution in [1.82, 2.24) is 40.4 Å². The van der Waals surface area contributed by atoms with Crippen LogP contribution in [0, 0.1) is 23.3 Å². The summed E-state index contributed by atoms with van der Waals surface area (Å²) >= 11 is 0. The number of allylic oxidation sites excluding steroid dienone is 4. The first-order valence-electron chi connectivity index (χ1n) is 19.9. The van der Waals surface area contributed by atoms with Crippen molar-refractivity contribution < 1.29 is 57.8 Å². The molecule has 0 saturated heterocycles. The summed E-state index contributed by atoms with van der Waals surface area (Å²) in [5.74, 6) is -4.01. The second kappa shape index (κ2) is 25.6. The van der Waals surface area contributed by atoms with E-state index in [2.05, 4.69) is 31.1 Å². The van der Waals surface area contributed by atoms with Gasteiger partial charge in [0.25, 0.3) is 0 Å². The van der Waals surface area contributed by atoms with E-state index in [0.717, 1.165) is 0 Å². The van der Waals surface area contributed by atoms with Gasteiger partial charge in [0.05, 0.1) is 24.4 Å². The van der Waals surface area contributed by atoms with Crippen LogP contribution in [0.1, 0.15) is 59.6 Å². The molecule has 6 aromatic rings. The Morgan fingerprint density at radius 2 is 0.806 bits per heavy atom. The standard InChI is InChI=1S/2C23H22F2N4O4.Ca/c2*1-29-23(26-27-28-29)20(11-10-18(30)12-19(31)13-21(32)33)22(14-2-6-16(24)7-3-14)15-4-8-17(25)9-5-15;/h2*2-11,18-19,30-31H,12-13H2,1H3,(H,32,33);/q;;+2/p-2/b2*11-10+;/t2*18-,19-;/m00./s1. The maximum Gasteiger partial charge on any atom is 2.00 e. The molecule has 2 heterocycles. The molecule has 4 aromatic carbocycles. The van der Waals surface area contributed by atoms with Gasteiger partial charge in [-0.25, -0.2) is 26.9 Å². The van der Waals surface area contributed by atoms with E-state index in [1.54, 1.807) is 62.6 Å². The van der Waals surface area contributed by atoms with Crippen LogP contribution in [-0.2, 0) is 23.7 Å². The van der Waals surface area contributed by atoms with E-state index in [1.165, 1.54) is 82.2 Å². The number of hydrogen-bond acceptors (Lipinski definition) is 14. The molecule has 21 heteroatoms. The van der Waals surface area contributed by atoms with Crippen LogP contribution in [-0.4, -0.2) is 135 Å². The Kier molecular flexibility index (Phi) is 20.4. The van der Waals surface area contributed by atoms with Crippen LogP contribution in [0.25, 0.3) is 22.3 Å². The molecule has 6 rings (SSSR count). The summed E-state index contributed by atoms with van der Waals surface area (Å²) in [5, 5.41) is 84.5. The van der Waals surface area contributed by atoms with Crippen molar-refractivity contribution in [3.63, 3.8) is 0 Å². The zero-order valence-corrected chi connectivity index (χ0v) is 38.1. The molecule has 0 fully saturated rings. The number of carboxylic acid groups (broad SMARTS) is 2. The zero-order chi connectivity index (χ0) is 47.9. The summed E-state index contributed by atoms with van der Waals surface area (Å²) in [5.41, 5.74) is 4.24. The molecule has 0 aliphatic carbocycles. The topological polar surface area (TPSA) is 248 Å². The van der Waals surface area contributed by atoms with Gasteiger partial charge in [-0.2, -0.15) is 0 Å². The number of aliphatic carboxylic acids is 2. The molecule has 0 aliphatic heterocycles. The van der Waals surface area contributed by atoms with E-state index in [1.807, 2.05) is 0 Å². The normalized spacial score (nSPS) is 12.9. The fourth-order valence-electron chi connectivity index (χ4n) is 6.56. The third-order valence-corrected chi connectivity index (χ3v) is 9.59. The summed E-state index contributed by atoms with van der Waals surface area (Å²) in [7, 11) is 3.21. The molecule has 344 valence electrons. The van der Waals surface area contributed by atoms with Gasteiger partial charge in [0, 0.05) is 62.9 Å². The van der Waals surface area contributed by atoms with Crippen molar-refractivity contribution >= 4 is 72.0 Å². The summed E-state index contributed by atoms with van der Waals surface area (Å²) in [6.45, 7) is 0. The smallest absolute Gasteiger partial charge is 0.550 e. The van der Waals surface area contributed by atoms with Crippen molar-refractivity contribution in [3.05, 3.63) is 179 Å². The zero-order valence-electron chi connectivity index (χ0n) is 35.9. The van der Waals surface area contributed by atoms with E-state index in [9.17, 15) is 57.8 Å². The number of carbonyl (C=O) groups is 2. The SMILES string of the molecule is Cn1nnnc1C(/C=C/[C@H](O)C[C@H](O)CC(=O)[O-])=C(c1ccc(F)cc1)c1ccc(F)cc1.Cn1nnnc1C(/C=C/[C@H](O)C[C@H](O)CC(=O)[O-])=C(c1ccc(F)cc1)c1ccc(F)cc1.[Ca+2]. The maximum atomic E-state index is 13.6. The molecule has 67 heavy (non-hydrogen) atoms. The van der Waals surface area contributed by atoms with Gasteiger partial charge in [-0.15, -0.1) is 10.2 Å². The first kappa shape index (κ1) is 53.4. The Hall–Kier alpha value is -6.26. The molecule has 0 spiro atoms. The molecule has 2 aromatic heterocycles. The van der Waals surface area contributed by atoms with Crippen molar-refractivity contribution in [2.24, 2.45) is 14.1 Å². The molecule has 0 amide bonds. The van der Waals surface area contributed by atoms with E-state index >= 15 is 0 Å². The van der Waals surface area contributed by atoms with Crippen LogP contribution in [0.5, 0.6) is 0 Å². The number of benzene rings is 4. The second-order valence-electron chi connectivity index (χ2n) is 14.6. The Morgan fingerprint density at radius 3 is 1.03 bits per heavy atom. The third-order valence-electron chi connectivity index (χ3n) is 9.59. The first-order valence-corrected chi connectivity index (χ1v) is 19.9. The number of halogens is 4. The molecule has 0 radical (unpaired) electrons. The minimum Gasteiger partial charge on any atom is -0.550 e. The molecular formula is C46H42CaF4N8O8. The van der Waals surface area contributed by atoms with Crippen LogP contribution in [0.4, 0.5) is 17.6 Å². The van der Waals surface area contributed by atoms with Crippen LogP contribution in [0.2, 0.25) is 0 Å². The molecule has 4 N–H and O–H groups in total. The fourth-order valence-corrected chi connectivity index (χ4v) is 6.56. The van der Waals surface area contributed by atoms with Gasteiger partial charge in [-0.05, 0) is 103 Å². The van der Waals surface area contributed by atoms with Gasteiger partial charge in [0.15, 0.2) is 11.6 Å². The summed E-state index contributed by atoms with van der Waals surface area (Å²) in [6, 6.07) is 22.6. The van der Waals surface area contributed by atoms with E-state index in [0.29, 0.717) is 56.2 Å². The quantitative estimate of drug-likeness (QED) is 0.0548. The van der Waals surface area contributed by atoms with Crippen LogP contribution in [0.15, 0.2) is 121 Å². The average Bonchev–Trinajstić information content (AvgIpc) is 3.89. The first-order chi connectivity index (χ1) is 31.5. The molecule has 4 atom stereocenters. The number of carbonyl (C=O) groups excluding carboxylic acids is 2. The van der Waals surface area contributed by atoms with Crippen LogP contribution in [0.3, 0.4) is 0 Å². The van der Waals surface area contributed by atoms with Crippen molar-refractivity contribution in [1.29, 1.82) is 0 Å². The van der Waals surface area contributed by atoms with Gasteiger partial charge in [-0.1, -0.05) is 72.8 Å². The van der Waals surface area contributed by atoms with Crippen LogP contribution < -0.4 is 10.2 Å². The minimum absolute atomic E-state index is 0. The maximum absolute atomic E-state index is 13.6. The van der Waals surface area contributed by atoms with E-state index < -0.39 is 72.5 Å². The van der Waals surface area contributed by atoms with E-state index in [-0.39, 0.29) is 50.6 Å². The van der Waals surface area contributed by atoms with Crippen LogP contribution >= 0.6 is 0 Å². The molecule has 16 nitrogen and oxygen atoms in total. The summed E-state index contributed by atoms with van der Waals surface area (Å²) < 4.78 is 57.1. The number of aryl methyl sites for hydroxylation is 2. The second-order valence-corrected chi connectivity index (χ2v) is 14.6. The van der Waals surface area contributed by atoms with Gasteiger partial charge in [0.2, 0.25) is 0 Å². The Balaban J connectivity index is 0.000000288. The number of aliphatic hydroxyl groups excluding tert-OH is 4. The monoisotopic (exact) mass is 950 g/mol. The van der Waals surface area contributed by atoms with Gasteiger partial charge >= 0.3 is 37.7 Å². The van der Waals surface area contributed by atoms with Gasteiger partial charge < -0.3 is 40.2 Å². The summed E-state index contributed by atoms with van der Waals surface area (Å²) in [6.07, 6.45) is -0.946. The van der Waals surface area contributed by atoms with Gasteiger partial charge in [-0.3, -0.25) is 0 Å². The molecule has 0 bridgehead atoms. The number of aromatic nitrogens is 8. The number of carboxylic acids is 2. The minimum atomic E-state index is -1.43. The number of hydrogen-bond donors (Lipinski definition) is 4. The third kappa shape index (κ3) is 16.0. The number of nitrogens with zero attached hydrogens (tertiary/aromatic N) is 8. The van der Waals surface area contributed by atoms with Crippen molar-refractivity contribution in [3.8, 4) is 0 Å². The fraction of sp³-hybridized carbons (Fsp3) is 0.217. The predicted octanol–water partition coefficient (Wildman–Crippen LogP) is 2.13. The molecular weight excluding hydrogens is 909 g/mol. The molecule has 0 aliphatic rings. The Morgan fingerprint density at radius 1 is 0.537 bits per heavy atom. The van der Waals surface area contributed by atoms with Gasteiger partial charge in [0.1, 0.15) is 23.3 Å². The van der Waals surface area contributed by atoms with Crippen molar-refractivity contribution in [2.75, 3.05) is 0 Å². The average molecular weight is 951 g/mol. The Bertz CT molecular complexity index is 2410. The summed E-state index contributed by atoms with van der Waals surface area (Å²) in [4.78, 5) is 21.3. The number of tetrazole rings is 2. The molecule has 0 unspecified atom stereocenters.